The van der Waals surface area contributed by atoms with Crippen molar-refractivity contribution in [2.75, 3.05) is 13.1 Å². The molecule has 6 nitrogen and oxygen atoms in total. The third kappa shape index (κ3) is 4.59. The van der Waals surface area contributed by atoms with Gasteiger partial charge in [0.15, 0.2) is 0 Å². The Bertz CT molecular complexity index is 425. The van der Waals surface area contributed by atoms with Gasteiger partial charge in [-0.2, -0.15) is 17.4 Å². The van der Waals surface area contributed by atoms with Crippen LogP contribution in [-0.4, -0.2) is 42.9 Å². The molecule has 110 valence electrons. The largest absolute Gasteiger partial charge is 0.480 e. The smallest absolute Gasteiger partial charge is 0.322 e. The first-order chi connectivity index (χ1) is 8.76. The van der Waals surface area contributed by atoms with E-state index in [9.17, 15) is 13.2 Å². The van der Waals surface area contributed by atoms with E-state index in [-0.39, 0.29) is 18.3 Å². The number of hydrogen-bond donors (Lipinski definition) is 2. The lowest BCUT2D eigenvalue weighted by Gasteiger charge is -2.34. The van der Waals surface area contributed by atoms with Gasteiger partial charge in [0.25, 0.3) is 10.2 Å². The van der Waals surface area contributed by atoms with E-state index in [2.05, 4.69) is 11.3 Å². The Hall–Kier alpha value is -0.920. The lowest BCUT2D eigenvalue weighted by Crippen LogP contribution is -2.52. The molecule has 19 heavy (non-hydrogen) atoms. The first-order valence-corrected chi connectivity index (χ1v) is 7.81. The molecule has 0 bridgehead atoms. The molecule has 0 amide bonds. The van der Waals surface area contributed by atoms with Crippen molar-refractivity contribution in [3.05, 3.63) is 12.7 Å². The Morgan fingerprint density at radius 2 is 2.00 bits per heavy atom. The summed E-state index contributed by atoms with van der Waals surface area (Å²) >= 11 is 0. The molecule has 1 rings (SSSR count). The fourth-order valence-corrected chi connectivity index (χ4v) is 4.03. The second kappa shape index (κ2) is 6.49. The third-order valence-corrected chi connectivity index (χ3v) is 4.73. The number of aliphatic carboxylic acids is 1. The summed E-state index contributed by atoms with van der Waals surface area (Å²) in [7, 11) is -3.76. The first kappa shape index (κ1) is 16.1. The van der Waals surface area contributed by atoms with Crippen molar-refractivity contribution in [2.24, 2.45) is 11.8 Å². The second-order valence-corrected chi connectivity index (χ2v) is 7.00. The molecule has 0 radical (unpaired) electrons. The van der Waals surface area contributed by atoms with Crippen molar-refractivity contribution in [3.63, 3.8) is 0 Å². The molecule has 0 aromatic heterocycles. The highest BCUT2D eigenvalue weighted by Crippen LogP contribution is 2.22. The number of nitrogens with one attached hydrogen (secondary N) is 1. The van der Waals surface area contributed by atoms with Crippen molar-refractivity contribution in [1.29, 1.82) is 0 Å². The lowest BCUT2D eigenvalue weighted by atomic mass is 9.94. The summed E-state index contributed by atoms with van der Waals surface area (Å²) in [6.45, 7) is 8.29. The number of carboxylic acid groups (broad SMARTS) is 1. The third-order valence-electron chi connectivity index (χ3n) is 3.17. The van der Waals surface area contributed by atoms with Crippen LogP contribution in [0.25, 0.3) is 0 Å². The van der Waals surface area contributed by atoms with Crippen LogP contribution in [0.2, 0.25) is 0 Å². The van der Waals surface area contributed by atoms with E-state index in [0.29, 0.717) is 13.1 Å². The van der Waals surface area contributed by atoms with Gasteiger partial charge in [-0.05, 0) is 24.7 Å². The molecule has 1 saturated heterocycles. The summed E-state index contributed by atoms with van der Waals surface area (Å²) in [5.41, 5.74) is 0. The van der Waals surface area contributed by atoms with Crippen LogP contribution in [0.3, 0.4) is 0 Å². The number of hydrogen-bond acceptors (Lipinski definition) is 3. The Kier molecular flexibility index (Phi) is 5.51. The Morgan fingerprint density at radius 1 is 1.47 bits per heavy atom. The topological polar surface area (TPSA) is 86.7 Å². The minimum absolute atomic E-state index is 0.0630. The summed E-state index contributed by atoms with van der Waals surface area (Å²) in [5, 5.41) is 8.98. The molecular weight excluding hydrogens is 268 g/mol. The Labute approximate surface area is 114 Å². The van der Waals surface area contributed by atoms with Crippen LogP contribution in [0.1, 0.15) is 26.7 Å². The predicted octanol–water partition coefficient (Wildman–Crippen LogP) is 0.828. The summed E-state index contributed by atoms with van der Waals surface area (Å²) in [4.78, 5) is 11.0. The SMILES string of the molecule is C=CCC(NS(=O)(=O)N1CC(C)CC(C)C1)C(=O)O. The highest BCUT2D eigenvalue weighted by atomic mass is 32.2. The number of rotatable bonds is 6. The van der Waals surface area contributed by atoms with E-state index in [0.717, 1.165) is 6.42 Å². The van der Waals surface area contributed by atoms with Gasteiger partial charge in [0.2, 0.25) is 0 Å². The number of carbonyl (C=O) groups is 1. The molecule has 0 aromatic rings. The molecule has 7 heteroatoms. The van der Waals surface area contributed by atoms with Crippen molar-refractivity contribution in [2.45, 2.75) is 32.7 Å². The molecule has 1 fully saturated rings. The van der Waals surface area contributed by atoms with Gasteiger partial charge in [-0.25, -0.2) is 0 Å². The van der Waals surface area contributed by atoms with E-state index < -0.39 is 22.2 Å². The summed E-state index contributed by atoms with van der Waals surface area (Å²) < 4.78 is 27.9. The predicted molar refractivity (Wildman–Crippen MR) is 72.8 cm³/mol. The first-order valence-electron chi connectivity index (χ1n) is 6.37. The minimum atomic E-state index is -3.76. The van der Waals surface area contributed by atoms with Crippen LogP contribution in [0, 0.1) is 11.8 Å². The zero-order valence-electron chi connectivity index (χ0n) is 11.4. The fourth-order valence-electron chi connectivity index (χ4n) is 2.42. The van der Waals surface area contributed by atoms with Crippen LogP contribution in [0.4, 0.5) is 0 Å². The maximum Gasteiger partial charge on any atom is 0.322 e. The lowest BCUT2D eigenvalue weighted by molar-refractivity contribution is -0.138. The van der Waals surface area contributed by atoms with Crippen LogP contribution in [0.5, 0.6) is 0 Å². The molecular formula is C12H22N2O4S. The zero-order valence-corrected chi connectivity index (χ0v) is 12.2. The van der Waals surface area contributed by atoms with Crippen molar-refractivity contribution < 1.29 is 18.3 Å². The van der Waals surface area contributed by atoms with E-state index in [1.54, 1.807) is 0 Å². The average molecular weight is 290 g/mol. The van der Waals surface area contributed by atoms with Crippen LogP contribution in [-0.2, 0) is 15.0 Å². The molecule has 0 aliphatic carbocycles. The number of nitrogens with zero attached hydrogens (tertiary/aromatic N) is 1. The van der Waals surface area contributed by atoms with Crippen molar-refractivity contribution in [3.8, 4) is 0 Å². The highest BCUT2D eigenvalue weighted by Gasteiger charge is 2.33. The highest BCUT2D eigenvalue weighted by molar-refractivity contribution is 7.87. The van der Waals surface area contributed by atoms with Gasteiger partial charge in [-0.15, -0.1) is 6.58 Å². The van der Waals surface area contributed by atoms with Crippen LogP contribution < -0.4 is 4.72 Å². The van der Waals surface area contributed by atoms with E-state index in [1.165, 1.54) is 10.4 Å². The average Bonchev–Trinajstić information content (AvgIpc) is 2.26. The number of carboxylic acids is 1. The Balaban J connectivity index is 2.79. The standard InChI is InChI=1S/C12H22N2O4S/c1-4-5-11(12(15)16)13-19(17,18)14-7-9(2)6-10(3)8-14/h4,9-11,13H,1,5-8H2,2-3H3,(H,15,16). The van der Waals surface area contributed by atoms with Gasteiger partial charge in [0.1, 0.15) is 6.04 Å². The maximum atomic E-state index is 12.2. The Morgan fingerprint density at radius 3 is 2.42 bits per heavy atom. The van der Waals surface area contributed by atoms with Gasteiger partial charge in [-0.3, -0.25) is 4.79 Å². The quantitative estimate of drug-likeness (QED) is 0.709. The normalized spacial score (nSPS) is 26.8. The second-order valence-electron chi connectivity index (χ2n) is 5.30. The van der Waals surface area contributed by atoms with Crippen LogP contribution >= 0.6 is 0 Å². The molecule has 3 unspecified atom stereocenters. The van der Waals surface area contributed by atoms with E-state index in [4.69, 9.17) is 5.11 Å². The van der Waals surface area contributed by atoms with Gasteiger partial charge < -0.3 is 5.11 Å². The van der Waals surface area contributed by atoms with Crippen molar-refractivity contribution >= 4 is 16.2 Å². The molecule has 0 aromatic carbocycles. The van der Waals surface area contributed by atoms with Gasteiger partial charge in [-0.1, -0.05) is 19.9 Å². The van der Waals surface area contributed by atoms with Gasteiger partial charge >= 0.3 is 5.97 Å². The monoisotopic (exact) mass is 290 g/mol. The van der Waals surface area contributed by atoms with E-state index in [1.807, 2.05) is 13.8 Å². The number of piperidine rings is 1. The molecule has 1 heterocycles. The molecule has 2 N–H and O–H groups in total. The summed E-state index contributed by atoms with van der Waals surface area (Å²) in [6, 6.07) is -1.16. The maximum absolute atomic E-state index is 12.2. The van der Waals surface area contributed by atoms with Gasteiger partial charge in [0.05, 0.1) is 0 Å². The molecule has 1 aliphatic heterocycles. The van der Waals surface area contributed by atoms with E-state index >= 15 is 0 Å². The summed E-state index contributed by atoms with van der Waals surface area (Å²) in [6.07, 6.45) is 2.44. The fraction of sp³-hybridized carbons (Fsp3) is 0.750. The van der Waals surface area contributed by atoms with Crippen LogP contribution in [0.15, 0.2) is 12.7 Å². The minimum Gasteiger partial charge on any atom is -0.480 e. The zero-order chi connectivity index (χ0) is 14.6. The van der Waals surface area contributed by atoms with Crippen molar-refractivity contribution in [1.82, 2.24) is 9.03 Å². The molecule has 1 aliphatic rings. The van der Waals surface area contributed by atoms with Gasteiger partial charge in [0, 0.05) is 13.1 Å². The molecule has 0 saturated carbocycles. The summed E-state index contributed by atoms with van der Waals surface area (Å²) in [5.74, 6) is -0.632. The molecule has 0 spiro atoms. The molecule has 3 atom stereocenters.